The van der Waals surface area contributed by atoms with Gasteiger partial charge in [-0.2, -0.15) is 0 Å². The number of nitrogens with two attached hydrogens (primary N) is 1. The van der Waals surface area contributed by atoms with E-state index >= 15 is 0 Å². The summed E-state index contributed by atoms with van der Waals surface area (Å²) in [7, 11) is 0. The van der Waals surface area contributed by atoms with Gasteiger partial charge in [-0.1, -0.05) is 17.7 Å². The minimum Gasteiger partial charge on any atom is -0.489 e. The summed E-state index contributed by atoms with van der Waals surface area (Å²) >= 11 is 7.19. The van der Waals surface area contributed by atoms with Crippen LogP contribution in [0.25, 0.3) is 10.1 Å². The Morgan fingerprint density at radius 3 is 2.77 bits per heavy atom. The van der Waals surface area contributed by atoms with Crippen LogP contribution < -0.4 is 10.5 Å². The van der Waals surface area contributed by atoms with Crippen LogP contribution in [0.1, 0.15) is 10.4 Å². The summed E-state index contributed by atoms with van der Waals surface area (Å²) in [5.41, 5.74) is 6.29. The van der Waals surface area contributed by atoms with Crippen LogP contribution in [0.5, 0.6) is 5.75 Å². The van der Waals surface area contributed by atoms with E-state index in [-0.39, 0.29) is 10.9 Å². The van der Waals surface area contributed by atoms with Crippen molar-refractivity contribution >= 4 is 38.9 Å². The smallest absolute Gasteiger partial charge is 0.141 e. The number of thiophene rings is 1. The van der Waals surface area contributed by atoms with E-state index in [4.69, 9.17) is 27.5 Å². The van der Waals surface area contributed by atoms with Crippen LogP contribution in [-0.2, 0) is 6.61 Å². The average molecular weight is 335 g/mol. The quantitative estimate of drug-likeness (QED) is 0.543. The number of rotatable bonds is 4. The number of fused-ring (bicyclic) bond motifs is 1. The van der Waals surface area contributed by atoms with Gasteiger partial charge in [0.25, 0.3) is 0 Å². The van der Waals surface area contributed by atoms with Gasteiger partial charge < -0.3 is 10.5 Å². The monoisotopic (exact) mass is 334 g/mol. The fourth-order valence-electron chi connectivity index (χ4n) is 2.03. The lowest BCUT2D eigenvalue weighted by molar-refractivity contribution is 0.306. The van der Waals surface area contributed by atoms with Crippen molar-refractivity contribution in [2.24, 2.45) is 5.73 Å². The van der Waals surface area contributed by atoms with Crippen LogP contribution in [0.15, 0.2) is 42.5 Å². The molecule has 0 radical (unpaired) electrons. The van der Waals surface area contributed by atoms with Crippen molar-refractivity contribution < 1.29 is 9.13 Å². The Kier molecular flexibility index (Phi) is 4.00. The van der Waals surface area contributed by atoms with Crippen LogP contribution >= 0.6 is 22.9 Å². The molecule has 0 saturated heterocycles. The van der Waals surface area contributed by atoms with Gasteiger partial charge in [0.15, 0.2) is 0 Å². The van der Waals surface area contributed by atoms with Crippen LogP contribution in [-0.4, -0.2) is 5.84 Å². The molecule has 0 spiro atoms. The minimum atomic E-state index is -0.442. The highest BCUT2D eigenvalue weighted by molar-refractivity contribution is 7.20. The normalized spacial score (nSPS) is 10.8. The molecule has 0 amide bonds. The zero-order valence-electron chi connectivity index (χ0n) is 11.4. The Balaban J connectivity index is 1.78. The van der Waals surface area contributed by atoms with Gasteiger partial charge in [-0.15, -0.1) is 11.3 Å². The second-order valence-electron chi connectivity index (χ2n) is 4.76. The largest absolute Gasteiger partial charge is 0.489 e. The molecule has 3 rings (SSSR count). The molecule has 112 valence electrons. The predicted molar refractivity (Wildman–Crippen MR) is 88.6 cm³/mol. The maximum absolute atomic E-state index is 13.1. The molecule has 0 aliphatic rings. The molecule has 3 N–H and O–H groups in total. The molecule has 0 saturated carbocycles. The van der Waals surface area contributed by atoms with Gasteiger partial charge in [-0.05, 0) is 47.3 Å². The number of nitrogen functional groups attached to an aromatic ring is 1. The summed E-state index contributed by atoms with van der Waals surface area (Å²) in [6.07, 6.45) is 0. The van der Waals surface area contributed by atoms with Crippen molar-refractivity contribution in [1.82, 2.24) is 0 Å². The lowest BCUT2D eigenvalue weighted by Crippen LogP contribution is -2.08. The first-order valence-corrected chi connectivity index (χ1v) is 7.67. The number of nitrogens with one attached hydrogen (secondary N) is 1. The van der Waals surface area contributed by atoms with E-state index in [1.54, 1.807) is 12.1 Å². The maximum Gasteiger partial charge on any atom is 0.141 e. The summed E-state index contributed by atoms with van der Waals surface area (Å²) in [5.74, 6) is 0.316. The molecule has 0 bridgehead atoms. The van der Waals surface area contributed by atoms with Crippen molar-refractivity contribution in [2.45, 2.75) is 6.61 Å². The number of hydrogen-bond donors (Lipinski definition) is 2. The molecule has 2 aromatic carbocycles. The Hall–Kier alpha value is -2.11. The standard InChI is InChI=1S/C16H12ClFN2OS/c17-12-5-9(1-4-13(12)18)8-21-11-3-2-10-6-15(16(19)20)22-14(10)7-11/h1-7H,8H2,(H3,19,20). The lowest BCUT2D eigenvalue weighted by atomic mass is 10.2. The van der Waals surface area contributed by atoms with Gasteiger partial charge in [0.1, 0.15) is 24.0 Å². The van der Waals surface area contributed by atoms with Crippen molar-refractivity contribution in [3.05, 3.63) is 63.7 Å². The molecule has 3 nitrogen and oxygen atoms in total. The molecular formula is C16H12ClFN2OS. The summed E-state index contributed by atoms with van der Waals surface area (Å²) < 4.78 is 19.8. The Morgan fingerprint density at radius 1 is 1.23 bits per heavy atom. The highest BCUT2D eigenvalue weighted by Crippen LogP contribution is 2.29. The van der Waals surface area contributed by atoms with Crippen LogP contribution in [0.3, 0.4) is 0 Å². The van der Waals surface area contributed by atoms with E-state index in [0.29, 0.717) is 12.4 Å². The summed E-state index contributed by atoms with van der Waals surface area (Å²) in [6.45, 7) is 0.302. The van der Waals surface area contributed by atoms with E-state index < -0.39 is 5.82 Å². The highest BCUT2D eigenvalue weighted by Gasteiger charge is 2.06. The first-order chi connectivity index (χ1) is 10.5. The molecule has 6 heteroatoms. The molecule has 0 unspecified atom stereocenters. The fraction of sp³-hybridized carbons (Fsp3) is 0.0625. The number of amidine groups is 1. The first-order valence-electron chi connectivity index (χ1n) is 6.47. The van der Waals surface area contributed by atoms with E-state index in [1.165, 1.54) is 17.4 Å². The van der Waals surface area contributed by atoms with Crippen molar-refractivity contribution in [2.75, 3.05) is 0 Å². The topological polar surface area (TPSA) is 59.1 Å². The number of benzene rings is 2. The summed E-state index contributed by atoms with van der Waals surface area (Å²) in [4.78, 5) is 0.734. The van der Waals surface area contributed by atoms with Crippen LogP contribution in [0, 0.1) is 11.2 Å². The SMILES string of the molecule is N=C(N)c1cc2ccc(OCc3ccc(F)c(Cl)c3)cc2s1. The van der Waals surface area contributed by atoms with E-state index in [2.05, 4.69) is 0 Å². The summed E-state index contributed by atoms with van der Waals surface area (Å²) in [5, 5.41) is 8.57. The molecule has 0 atom stereocenters. The molecule has 0 aliphatic carbocycles. The predicted octanol–water partition coefficient (Wildman–Crippen LogP) is 4.56. The molecule has 1 aromatic heterocycles. The highest BCUT2D eigenvalue weighted by atomic mass is 35.5. The number of halogens is 2. The average Bonchev–Trinajstić information content (AvgIpc) is 2.92. The van der Waals surface area contributed by atoms with Crippen molar-refractivity contribution in [3.8, 4) is 5.75 Å². The van der Waals surface area contributed by atoms with Crippen molar-refractivity contribution in [3.63, 3.8) is 0 Å². The van der Waals surface area contributed by atoms with Gasteiger partial charge in [-0.25, -0.2) is 4.39 Å². The number of hydrogen-bond acceptors (Lipinski definition) is 3. The molecule has 0 fully saturated rings. The van der Waals surface area contributed by atoms with E-state index in [0.717, 1.165) is 20.5 Å². The number of ether oxygens (including phenoxy) is 1. The maximum atomic E-state index is 13.1. The fourth-order valence-corrected chi connectivity index (χ4v) is 3.19. The van der Waals surface area contributed by atoms with E-state index in [1.807, 2.05) is 24.3 Å². The zero-order valence-corrected chi connectivity index (χ0v) is 13.0. The minimum absolute atomic E-state index is 0.0598. The van der Waals surface area contributed by atoms with Crippen LogP contribution in [0.2, 0.25) is 5.02 Å². The van der Waals surface area contributed by atoms with Crippen molar-refractivity contribution in [1.29, 1.82) is 5.41 Å². The second kappa shape index (κ2) is 5.94. The van der Waals surface area contributed by atoms with Gasteiger partial charge in [0.05, 0.1) is 9.90 Å². The third kappa shape index (κ3) is 3.05. The van der Waals surface area contributed by atoms with Gasteiger partial charge in [0.2, 0.25) is 0 Å². The molecular weight excluding hydrogens is 323 g/mol. The van der Waals surface area contributed by atoms with Crippen LogP contribution in [0.4, 0.5) is 4.39 Å². The summed E-state index contributed by atoms with van der Waals surface area (Å²) in [6, 6.07) is 12.1. The van der Waals surface area contributed by atoms with Gasteiger partial charge in [0, 0.05) is 4.70 Å². The van der Waals surface area contributed by atoms with E-state index in [9.17, 15) is 4.39 Å². The third-order valence-electron chi connectivity index (χ3n) is 3.15. The Labute approximate surface area is 135 Å². The molecule has 22 heavy (non-hydrogen) atoms. The zero-order chi connectivity index (χ0) is 15.7. The second-order valence-corrected chi connectivity index (χ2v) is 6.25. The first kappa shape index (κ1) is 14.8. The Morgan fingerprint density at radius 2 is 2.05 bits per heavy atom. The van der Waals surface area contributed by atoms with Gasteiger partial charge >= 0.3 is 0 Å². The molecule has 1 heterocycles. The lowest BCUT2D eigenvalue weighted by Gasteiger charge is -2.07. The molecule has 3 aromatic rings. The van der Waals surface area contributed by atoms with Gasteiger partial charge in [-0.3, -0.25) is 5.41 Å². The molecule has 0 aliphatic heterocycles. The Bertz CT molecular complexity index is 862. The third-order valence-corrected chi connectivity index (χ3v) is 4.57.